The Hall–Kier alpha value is -2.63. The zero-order chi connectivity index (χ0) is 20.5. The van der Waals surface area contributed by atoms with Crippen LogP contribution in [0, 0.1) is 0 Å². The van der Waals surface area contributed by atoms with Crippen molar-refractivity contribution in [1.29, 1.82) is 0 Å². The summed E-state index contributed by atoms with van der Waals surface area (Å²) in [5.41, 5.74) is 4.01. The molecule has 2 aromatic carbocycles. The molecule has 0 saturated carbocycles. The monoisotopic (exact) mass is 452 g/mol. The zero-order valence-electron chi connectivity index (χ0n) is 16.2. The van der Waals surface area contributed by atoms with Gasteiger partial charge in [0.25, 0.3) is 5.91 Å². The molecule has 0 heterocycles. The van der Waals surface area contributed by atoms with Gasteiger partial charge in [0.05, 0.1) is 0 Å². The fourth-order valence-corrected chi connectivity index (χ4v) is 3.53. The molecule has 0 aromatic heterocycles. The maximum atomic E-state index is 12.4. The Morgan fingerprint density at radius 1 is 1.00 bits per heavy atom. The van der Waals surface area contributed by atoms with Crippen molar-refractivity contribution in [3.05, 3.63) is 94.0 Å². The van der Waals surface area contributed by atoms with Crippen molar-refractivity contribution in [3.8, 4) is 5.75 Å². The van der Waals surface area contributed by atoms with Crippen LogP contribution in [0.25, 0.3) is 5.57 Å². The van der Waals surface area contributed by atoms with Crippen LogP contribution in [0.15, 0.2) is 82.9 Å². The molecule has 0 unspecified atom stereocenters. The maximum Gasteiger partial charge on any atom is 0.251 e. The Morgan fingerprint density at radius 2 is 1.83 bits per heavy atom. The molecular formula is C24H25BrN2O2. The van der Waals surface area contributed by atoms with Crippen LogP contribution in [0.3, 0.4) is 0 Å². The first kappa shape index (κ1) is 21.1. The van der Waals surface area contributed by atoms with Gasteiger partial charge >= 0.3 is 0 Å². The summed E-state index contributed by atoms with van der Waals surface area (Å²) in [5.74, 6) is 0.186. The molecule has 0 radical (unpaired) electrons. The molecule has 1 amide bonds. The summed E-state index contributed by atoms with van der Waals surface area (Å²) in [7, 11) is 0. The first-order chi connectivity index (χ1) is 14.1. The summed E-state index contributed by atoms with van der Waals surface area (Å²) in [4.78, 5) is 12.4. The Morgan fingerprint density at radius 3 is 2.62 bits per heavy atom. The lowest BCUT2D eigenvalue weighted by Gasteiger charge is -2.08. The molecule has 4 nitrogen and oxygen atoms in total. The zero-order valence-corrected chi connectivity index (χ0v) is 17.8. The summed E-state index contributed by atoms with van der Waals surface area (Å²) >= 11 is 3.48. The van der Waals surface area contributed by atoms with Gasteiger partial charge in [-0.15, -0.1) is 0 Å². The number of rotatable bonds is 8. The number of phenols is 1. The number of benzene rings is 2. The summed E-state index contributed by atoms with van der Waals surface area (Å²) in [6, 6.07) is 15.4. The van der Waals surface area contributed by atoms with E-state index in [-0.39, 0.29) is 11.7 Å². The summed E-state index contributed by atoms with van der Waals surface area (Å²) in [6.45, 7) is 2.18. The number of phenolic OH excluding ortho intramolecular Hbond substituents is 1. The second kappa shape index (κ2) is 10.8. The normalized spacial score (nSPS) is 13.4. The number of carbonyl (C=O) groups is 1. The summed E-state index contributed by atoms with van der Waals surface area (Å²) in [5, 5.41) is 15.7. The molecule has 1 aliphatic carbocycles. The third kappa shape index (κ3) is 6.73. The standard InChI is InChI=1S/C24H25BrN2O2/c25-22-6-1-3-18(17-22)13-14-26-15-16-27-24(29)21-5-2-4-19(7-8-21)20-9-11-23(28)12-10-20/h1,3-12,17,26,28H,2,13-16H2,(H,27,29). The first-order valence-corrected chi connectivity index (χ1v) is 10.5. The van der Waals surface area contributed by atoms with Crippen molar-refractivity contribution in [3.63, 3.8) is 0 Å². The molecule has 1 aliphatic rings. The fraction of sp³-hybridized carbons (Fsp3) is 0.208. The quantitative estimate of drug-likeness (QED) is 0.521. The second-order valence-electron chi connectivity index (χ2n) is 6.82. The van der Waals surface area contributed by atoms with Gasteiger partial charge in [0, 0.05) is 23.1 Å². The van der Waals surface area contributed by atoms with E-state index in [1.54, 1.807) is 12.1 Å². The van der Waals surface area contributed by atoms with Crippen LogP contribution in [-0.4, -0.2) is 30.6 Å². The maximum absolute atomic E-state index is 12.4. The topological polar surface area (TPSA) is 61.4 Å². The molecule has 29 heavy (non-hydrogen) atoms. The molecule has 5 heteroatoms. The number of halogens is 1. The smallest absolute Gasteiger partial charge is 0.251 e. The first-order valence-electron chi connectivity index (χ1n) is 9.73. The molecule has 0 bridgehead atoms. The molecule has 150 valence electrons. The number of nitrogens with one attached hydrogen (secondary N) is 2. The molecule has 3 N–H and O–H groups in total. The van der Waals surface area contributed by atoms with Crippen LogP contribution in [0.2, 0.25) is 0 Å². The number of hydrogen-bond acceptors (Lipinski definition) is 3. The van der Waals surface area contributed by atoms with Crippen molar-refractivity contribution < 1.29 is 9.90 Å². The van der Waals surface area contributed by atoms with Crippen LogP contribution in [0.4, 0.5) is 0 Å². The molecule has 0 fully saturated rings. The molecule has 0 saturated heterocycles. The van der Waals surface area contributed by atoms with Crippen LogP contribution in [-0.2, 0) is 11.2 Å². The van der Waals surface area contributed by atoms with Crippen LogP contribution < -0.4 is 10.6 Å². The number of amides is 1. The Kier molecular flexibility index (Phi) is 7.85. The van der Waals surface area contributed by atoms with E-state index in [0.717, 1.165) is 35.1 Å². The van der Waals surface area contributed by atoms with Gasteiger partial charge in [-0.05, 0) is 66.4 Å². The van der Waals surface area contributed by atoms with Crippen LogP contribution >= 0.6 is 15.9 Å². The fourth-order valence-electron chi connectivity index (χ4n) is 3.08. The van der Waals surface area contributed by atoms with Gasteiger partial charge in [0.15, 0.2) is 0 Å². The molecule has 3 rings (SSSR count). The van der Waals surface area contributed by atoms with E-state index in [4.69, 9.17) is 0 Å². The van der Waals surface area contributed by atoms with E-state index < -0.39 is 0 Å². The predicted molar refractivity (Wildman–Crippen MR) is 122 cm³/mol. The molecular weight excluding hydrogens is 428 g/mol. The van der Waals surface area contributed by atoms with Gasteiger partial charge in [-0.25, -0.2) is 0 Å². The number of carbonyl (C=O) groups excluding carboxylic acids is 1. The van der Waals surface area contributed by atoms with E-state index >= 15 is 0 Å². The van der Waals surface area contributed by atoms with Gasteiger partial charge in [0.2, 0.25) is 0 Å². The van der Waals surface area contributed by atoms with E-state index in [1.807, 2.05) is 42.5 Å². The van der Waals surface area contributed by atoms with Gasteiger partial charge in [-0.3, -0.25) is 4.79 Å². The van der Waals surface area contributed by atoms with Gasteiger partial charge in [0.1, 0.15) is 5.75 Å². The van der Waals surface area contributed by atoms with Crippen molar-refractivity contribution in [1.82, 2.24) is 10.6 Å². The largest absolute Gasteiger partial charge is 0.508 e. The highest BCUT2D eigenvalue weighted by molar-refractivity contribution is 9.10. The van der Waals surface area contributed by atoms with E-state index in [2.05, 4.69) is 44.8 Å². The number of aromatic hydroxyl groups is 1. The van der Waals surface area contributed by atoms with Gasteiger partial charge < -0.3 is 15.7 Å². The summed E-state index contributed by atoms with van der Waals surface area (Å²) < 4.78 is 1.09. The highest BCUT2D eigenvalue weighted by Crippen LogP contribution is 2.22. The Balaban J connectivity index is 1.39. The van der Waals surface area contributed by atoms with Crippen molar-refractivity contribution >= 4 is 27.4 Å². The third-order valence-corrected chi connectivity index (χ3v) is 5.14. The van der Waals surface area contributed by atoms with Crippen LogP contribution in [0.5, 0.6) is 5.75 Å². The lowest BCUT2D eigenvalue weighted by Crippen LogP contribution is -2.33. The number of hydrogen-bond donors (Lipinski definition) is 3. The highest BCUT2D eigenvalue weighted by atomic mass is 79.9. The summed E-state index contributed by atoms with van der Waals surface area (Å²) in [6.07, 6.45) is 9.44. The SMILES string of the molecule is O=C(NCCNCCc1cccc(Br)c1)C1=CCC=C(c2ccc(O)cc2)C=C1. The van der Waals surface area contributed by atoms with E-state index in [9.17, 15) is 9.90 Å². The van der Waals surface area contributed by atoms with E-state index in [0.29, 0.717) is 18.5 Å². The molecule has 0 aliphatic heterocycles. The lowest BCUT2D eigenvalue weighted by molar-refractivity contribution is -0.117. The molecule has 0 spiro atoms. The lowest BCUT2D eigenvalue weighted by atomic mass is 10.0. The van der Waals surface area contributed by atoms with E-state index in [1.165, 1.54) is 5.56 Å². The number of allylic oxidation sites excluding steroid dienone is 4. The minimum atomic E-state index is -0.0598. The minimum absolute atomic E-state index is 0.0598. The van der Waals surface area contributed by atoms with Gasteiger partial charge in [-0.2, -0.15) is 0 Å². The second-order valence-corrected chi connectivity index (χ2v) is 7.74. The highest BCUT2D eigenvalue weighted by Gasteiger charge is 2.08. The molecule has 2 aromatic rings. The van der Waals surface area contributed by atoms with Crippen molar-refractivity contribution in [2.45, 2.75) is 12.8 Å². The molecule has 0 atom stereocenters. The average molecular weight is 453 g/mol. The van der Waals surface area contributed by atoms with Crippen molar-refractivity contribution in [2.75, 3.05) is 19.6 Å². The van der Waals surface area contributed by atoms with Crippen molar-refractivity contribution in [2.24, 2.45) is 0 Å². The predicted octanol–water partition coefficient (Wildman–Crippen LogP) is 4.37. The minimum Gasteiger partial charge on any atom is -0.508 e. The Labute approximate surface area is 180 Å². The Bertz CT molecular complexity index is 930. The van der Waals surface area contributed by atoms with Crippen LogP contribution in [0.1, 0.15) is 17.5 Å². The third-order valence-electron chi connectivity index (χ3n) is 4.65. The average Bonchev–Trinajstić information content (AvgIpc) is 2.97. The van der Waals surface area contributed by atoms with Gasteiger partial charge in [-0.1, -0.05) is 58.4 Å².